The summed E-state index contributed by atoms with van der Waals surface area (Å²) in [5, 5.41) is 9.96. The molecule has 1 amide bonds. The van der Waals surface area contributed by atoms with E-state index < -0.39 is 17.8 Å². The number of rotatable bonds is 6. The summed E-state index contributed by atoms with van der Waals surface area (Å²) < 4.78 is 19.3. The van der Waals surface area contributed by atoms with Crippen LogP contribution >= 0.6 is 0 Å². The van der Waals surface area contributed by atoms with Crippen molar-refractivity contribution < 1.29 is 19.0 Å². The number of primary amides is 1. The lowest BCUT2D eigenvalue weighted by Gasteiger charge is -2.09. The Bertz CT molecular complexity index is 982. The van der Waals surface area contributed by atoms with E-state index in [-0.39, 0.29) is 12.5 Å². The van der Waals surface area contributed by atoms with Crippen LogP contribution < -0.4 is 10.5 Å². The van der Waals surface area contributed by atoms with Gasteiger partial charge in [0.15, 0.2) is 5.82 Å². The van der Waals surface area contributed by atoms with Crippen molar-refractivity contribution in [2.45, 2.75) is 13.0 Å². The summed E-state index contributed by atoms with van der Waals surface area (Å²) in [4.78, 5) is 22.2. The highest BCUT2D eigenvalue weighted by Crippen LogP contribution is 2.27. The van der Waals surface area contributed by atoms with E-state index in [1.807, 2.05) is 6.07 Å². The highest BCUT2D eigenvalue weighted by molar-refractivity contribution is 5.95. The molecule has 3 aromatic heterocycles. The Morgan fingerprint density at radius 3 is 2.81 bits per heavy atom. The van der Waals surface area contributed by atoms with E-state index in [4.69, 9.17) is 10.5 Å². The van der Waals surface area contributed by atoms with Gasteiger partial charge in [0.05, 0.1) is 6.10 Å². The van der Waals surface area contributed by atoms with Crippen molar-refractivity contribution >= 4 is 23.0 Å². The average molecular weight is 356 g/mol. The number of nitrogens with two attached hydrogens (primary N) is 1. The van der Waals surface area contributed by atoms with Crippen molar-refractivity contribution in [3.63, 3.8) is 0 Å². The zero-order valence-electron chi connectivity index (χ0n) is 13.9. The fourth-order valence-electron chi connectivity index (χ4n) is 2.38. The van der Waals surface area contributed by atoms with Gasteiger partial charge in [-0.15, -0.1) is 0 Å². The summed E-state index contributed by atoms with van der Waals surface area (Å²) in [7, 11) is 0. The largest absolute Gasteiger partial charge is 0.473 e. The molecule has 0 unspecified atom stereocenters. The molecule has 3 heterocycles. The van der Waals surface area contributed by atoms with Crippen LogP contribution in [0.2, 0.25) is 0 Å². The van der Waals surface area contributed by atoms with Gasteiger partial charge in [-0.05, 0) is 25.1 Å². The lowest BCUT2D eigenvalue weighted by molar-refractivity contribution is -0.113. The highest BCUT2D eigenvalue weighted by Gasteiger charge is 2.11. The van der Waals surface area contributed by atoms with Crippen LogP contribution in [-0.2, 0) is 4.79 Å². The van der Waals surface area contributed by atoms with Crippen molar-refractivity contribution in [2.75, 3.05) is 6.61 Å². The number of aliphatic hydroxyl groups is 1. The van der Waals surface area contributed by atoms with E-state index >= 15 is 0 Å². The maximum absolute atomic E-state index is 14.2. The van der Waals surface area contributed by atoms with Gasteiger partial charge in [-0.25, -0.2) is 14.4 Å². The summed E-state index contributed by atoms with van der Waals surface area (Å²) in [5.74, 6) is -1.36. The van der Waals surface area contributed by atoms with Crippen LogP contribution in [0, 0.1) is 5.82 Å². The number of amides is 1. The molecular formula is C18H17FN4O3. The standard InChI is InChI=1S/C18H17FN4O3/c1-10(24)9-26-18-15(19)5-13(8-23-18)12-4-14-11(2-3-16(20)25)6-21-17(14)22-7-12/h2-8,10,24H,9H2,1H3,(H2,20,25)(H,21,22)/t10-/m0/s1. The third-order valence-electron chi connectivity index (χ3n) is 3.59. The summed E-state index contributed by atoms with van der Waals surface area (Å²) >= 11 is 0. The Kier molecular flexibility index (Phi) is 4.94. The molecule has 3 rings (SSSR count). The quantitative estimate of drug-likeness (QED) is 0.585. The predicted molar refractivity (Wildman–Crippen MR) is 94.7 cm³/mol. The summed E-state index contributed by atoms with van der Waals surface area (Å²) in [6.07, 6.45) is 6.88. The van der Waals surface area contributed by atoms with Gasteiger partial charge in [-0.1, -0.05) is 0 Å². The zero-order chi connectivity index (χ0) is 18.7. The van der Waals surface area contributed by atoms with Crippen LogP contribution in [-0.4, -0.2) is 38.7 Å². The minimum atomic E-state index is -0.719. The maximum atomic E-state index is 14.2. The van der Waals surface area contributed by atoms with E-state index in [1.165, 1.54) is 25.3 Å². The van der Waals surface area contributed by atoms with Gasteiger partial charge in [0.2, 0.25) is 11.8 Å². The zero-order valence-corrected chi connectivity index (χ0v) is 13.9. The van der Waals surface area contributed by atoms with Crippen LogP contribution in [0.3, 0.4) is 0 Å². The normalized spacial score (nSPS) is 12.6. The Hall–Kier alpha value is -3.26. The number of pyridine rings is 2. The third kappa shape index (κ3) is 3.86. The number of aromatic amines is 1. The number of fused-ring (bicyclic) bond motifs is 1. The molecule has 3 aromatic rings. The predicted octanol–water partition coefficient (Wildman–Crippen LogP) is 2.02. The lowest BCUT2D eigenvalue weighted by Crippen LogP contribution is -2.14. The molecule has 1 atom stereocenters. The monoisotopic (exact) mass is 356 g/mol. The second-order valence-electron chi connectivity index (χ2n) is 5.77. The number of halogens is 1. The third-order valence-corrected chi connectivity index (χ3v) is 3.59. The first-order valence-corrected chi connectivity index (χ1v) is 7.85. The number of hydrogen-bond acceptors (Lipinski definition) is 5. The molecular weight excluding hydrogens is 339 g/mol. The molecule has 0 aliphatic rings. The molecule has 0 saturated carbocycles. The second-order valence-corrected chi connectivity index (χ2v) is 5.77. The Morgan fingerprint density at radius 2 is 2.12 bits per heavy atom. The minimum absolute atomic E-state index is 0.0459. The SMILES string of the molecule is C[C@H](O)COc1ncc(-c2cnc3[nH]cc(C=CC(N)=O)c3c2)cc1F. The molecule has 0 aliphatic carbocycles. The van der Waals surface area contributed by atoms with Crippen molar-refractivity contribution in [1.82, 2.24) is 15.0 Å². The van der Waals surface area contributed by atoms with Crippen LogP contribution in [0.5, 0.6) is 5.88 Å². The molecule has 0 aliphatic heterocycles. The average Bonchev–Trinajstić information content (AvgIpc) is 3.01. The van der Waals surface area contributed by atoms with E-state index in [9.17, 15) is 14.3 Å². The molecule has 134 valence electrons. The topological polar surface area (TPSA) is 114 Å². The summed E-state index contributed by atoms with van der Waals surface area (Å²) in [6.45, 7) is 1.49. The van der Waals surface area contributed by atoms with Gasteiger partial charge in [0.1, 0.15) is 12.3 Å². The van der Waals surface area contributed by atoms with Crippen LogP contribution in [0.4, 0.5) is 4.39 Å². The first kappa shape index (κ1) is 17.6. The van der Waals surface area contributed by atoms with E-state index in [0.717, 1.165) is 10.9 Å². The molecule has 7 nitrogen and oxygen atoms in total. The van der Waals surface area contributed by atoms with Gasteiger partial charge in [0, 0.05) is 46.7 Å². The number of H-pyrrole nitrogens is 1. The first-order valence-electron chi connectivity index (χ1n) is 7.85. The van der Waals surface area contributed by atoms with E-state index in [1.54, 1.807) is 18.5 Å². The molecule has 0 saturated heterocycles. The van der Waals surface area contributed by atoms with Gasteiger partial charge < -0.3 is 20.6 Å². The summed E-state index contributed by atoms with van der Waals surface area (Å²) in [6, 6.07) is 3.10. The van der Waals surface area contributed by atoms with Gasteiger partial charge in [0.25, 0.3) is 0 Å². The molecule has 26 heavy (non-hydrogen) atoms. The number of aromatic nitrogens is 3. The van der Waals surface area contributed by atoms with Crippen molar-refractivity contribution in [3.05, 3.63) is 48.2 Å². The van der Waals surface area contributed by atoms with Crippen molar-refractivity contribution in [1.29, 1.82) is 0 Å². The second kappa shape index (κ2) is 7.32. The molecule has 0 bridgehead atoms. The number of nitrogens with zero attached hydrogens (tertiary/aromatic N) is 2. The molecule has 0 fully saturated rings. The minimum Gasteiger partial charge on any atom is -0.473 e. The van der Waals surface area contributed by atoms with E-state index in [2.05, 4.69) is 15.0 Å². The van der Waals surface area contributed by atoms with Crippen LogP contribution in [0.1, 0.15) is 12.5 Å². The number of ether oxygens (including phenoxy) is 1. The molecule has 8 heteroatoms. The number of aliphatic hydroxyl groups excluding tert-OH is 1. The number of nitrogens with one attached hydrogen (secondary N) is 1. The lowest BCUT2D eigenvalue weighted by atomic mass is 10.1. The molecule has 4 N–H and O–H groups in total. The van der Waals surface area contributed by atoms with Crippen LogP contribution in [0.25, 0.3) is 28.2 Å². The maximum Gasteiger partial charge on any atom is 0.250 e. The van der Waals surface area contributed by atoms with Crippen molar-refractivity contribution in [3.8, 4) is 17.0 Å². The smallest absolute Gasteiger partial charge is 0.250 e. The summed E-state index contributed by atoms with van der Waals surface area (Å²) in [5.41, 5.74) is 7.65. The molecule has 0 radical (unpaired) electrons. The van der Waals surface area contributed by atoms with Crippen molar-refractivity contribution in [2.24, 2.45) is 5.73 Å². The number of carbonyl (C=O) groups is 1. The molecule has 0 spiro atoms. The van der Waals surface area contributed by atoms with Gasteiger partial charge >= 0.3 is 0 Å². The number of hydrogen-bond donors (Lipinski definition) is 3. The Labute approximate surface area is 148 Å². The first-order chi connectivity index (χ1) is 12.4. The fraction of sp³-hybridized carbons (Fsp3) is 0.167. The van der Waals surface area contributed by atoms with E-state index in [0.29, 0.717) is 16.8 Å². The highest BCUT2D eigenvalue weighted by atomic mass is 19.1. The van der Waals surface area contributed by atoms with Gasteiger partial charge in [-0.2, -0.15) is 0 Å². The van der Waals surface area contributed by atoms with Crippen LogP contribution in [0.15, 0.2) is 36.8 Å². The molecule has 0 aromatic carbocycles. The van der Waals surface area contributed by atoms with Gasteiger partial charge in [-0.3, -0.25) is 4.79 Å². The number of carbonyl (C=O) groups excluding carboxylic acids is 1. The Morgan fingerprint density at radius 1 is 1.38 bits per heavy atom. The fourth-order valence-corrected chi connectivity index (χ4v) is 2.38. The Balaban J connectivity index is 1.93.